The number of nitrogens with one attached hydrogen (secondary N) is 1. The van der Waals surface area contributed by atoms with E-state index in [4.69, 9.17) is 16.3 Å². The summed E-state index contributed by atoms with van der Waals surface area (Å²) < 4.78 is 21.4. The van der Waals surface area contributed by atoms with Crippen molar-refractivity contribution >= 4 is 17.3 Å². The topological polar surface area (TPSA) is 44.7 Å². The molecule has 4 nitrogen and oxygen atoms in total. The standard InChI is InChI=1S/C23H28ClFN2O2/c24-15-10-19-22(20(25)11-15)26-21(14-4-2-1-3-5-14)18-7-6-17(29-23(18)19)13-27-9-8-16(28)12-27/h1-4,10-11,14,16-18,21,23,26,28H,5-9,12-13H2/t14?,16-,17-,18+,21+,23+/m1/s1. The Balaban J connectivity index is 1.42. The number of aliphatic hydroxyl groups excluding tert-OH is 1. The van der Waals surface area contributed by atoms with E-state index in [2.05, 4.69) is 34.5 Å². The summed E-state index contributed by atoms with van der Waals surface area (Å²) >= 11 is 6.21. The third kappa shape index (κ3) is 3.86. The molecule has 0 saturated carbocycles. The monoisotopic (exact) mass is 418 g/mol. The van der Waals surface area contributed by atoms with Crippen LogP contribution in [-0.2, 0) is 4.74 Å². The number of benzene rings is 1. The van der Waals surface area contributed by atoms with Crippen LogP contribution in [0.4, 0.5) is 10.1 Å². The van der Waals surface area contributed by atoms with Gasteiger partial charge in [0.1, 0.15) is 5.82 Å². The minimum Gasteiger partial charge on any atom is -0.392 e. The van der Waals surface area contributed by atoms with Crippen LogP contribution in [0.15, 0.2) is 36.4 Å². The molecule has 2 fully saturated rings. The highest BCUT2D eigenvalue weighted by Gasteiger charge is 2.45. The molecule has 0 bridgehead atoms. The van der Waals surface area contributed by atoms with E-state index in [1.807, 2.05) is 6.07 Å². The molecular formula is C23H28ClFN2O2. The van der Waals surface area contributed by atoms with Crippen molar-refractivity contribution in [2.75, 3.05) is 25.0 Å². The number of allylic oxidation sites excluding steroid dienone is 3. The molecule has 6 atom stereocenters. The summed E-state index contributed by atoms with van der Waals surface area (Å²) in [5.41, 5.74) is 1.39. The zero-order valence-corrected chi connectivity index (χ0v) is 17.2. The van der Waals surface area contributed by atoms with Gasteiger partial charge in [0.05, 0.1) is 24.0 Å². The summed E-state index contributed by atoms with van der Waals surface area (Å²) in [6.07, 6.45) is 12.1. The fourth-order valence-electron chi connectivity index (χ4n) is 5.51. The van der Waals surface area contributed by atoms with Gasteiger partial charge < -0.3 is 15.2 Å². The lowest BCUT2D eigenvalue weighted by Gasteiger charge is -2.48. The van der Waals surface area contributed by atoms with Gasteiger partial charge in [-0.25, -0.2) is 4.39 Å². The van der Waals surface area contributed by atoms with E-state index in [0.717, 1.165) is 44.3 Å². The van der Waals surface area contributed by atoms with Crippen molar-refractivity contribution in [3.63, 3.8) is 0 Å². The van der Waals surface area contributed by atoms with Gasteiger partial charge in [0, 0.05) is 48.1 Å². The van der Waals surface area contributed by atoms with E-state index in [0.29, 0.717) is 23.2 Å². The van der Waals surface area contributed by atoms with Gasteiger partial charge >= 0.3 is 0 Å². The maximum absolute atomic E-state index is 14.8. The average Bonchev–Trinajstić information content (AvgIpc) is 3.13. The van der Waals surface area contributed by atoms with Crippen LogP contribution in [0.2, 0.25) is 5.02 Å². The van der Waals surface area contributed by atoms with Gasteiger partial charge in [-0.2, -0.15) is 0 Å². The highest BCUT2D eigenvalue weighted by atomic mass is 35.5. The highest BCUT2D eigenvalue weighted by molar-refractivity contribution is 6.30. The maximum atomic E-state index is 14.8. The van der Waals surface area contributed by atoms with E-state index < -0.39 is 0 Å². The van der Waals surface area contributed by atoms with Crippen LogP contribution in [0.1, 0.15) is 37.4 Å². The Morgan fingerprint density at radius 3 is 2.90 bits per heavy atom. The third-order valence-electron chi connectivity index (χ3n) is 6.90. The summed E-state index contributed by atoms with van der Waals surface area (Å²) in [6, 6.07) is 3.38. The van der Waals surface area contributed by atoms with Crippen LogP contribution in [-0.4, -0.2) is 47.9 Å². The van der Waals surface area contributed by atoms with Gasteiger partial charge in [0.15, 0.2) is 0 Å². The molecule has 0 aromatic heterocycles. The zero-order chi connectivity index (χ0) is 20.0. The molecule has 156 valence electrons. The van der Waals surface area contributed by atoms with Crippen molar-refractivity contribution in [2.45, 2.75) is 50.0 Å². The maximum Gasteiger partial charge on any atom is 0.148 e. The summed E-state index contributed by atoms with van der Waals surface area (Å²) in [4.78, 5) is 2.28. The van der Waals surface area contributed by atoms with Crippen molar-refractivity contribution in [3.05, 3.63) is 52.8 Å². The molecule has 6 heteroatoms. The van der Waals surface area contributed by atoms with Crippen molar-refractivity contribution in [3.8, 4) is 0 Å². The number of aliphatic hydroxyl groups is 1. The molecule has 0 radical (unpaired) electrons. The summed E-state index contributed by atoms with van der Waals surface area (Å²) in [5, 5.41) is 13.8. The number of β-amino-alcohol motifs (C(OH)–C–C–N with tert-alkyl or cyclic N) is 1. The van der Waals surface area contributed by atoms with Crippen LogP contribution in [0, 0.1) is 17.7 Å². The fourth-order valence-corrected chi connectivity index (χ4v) is 5.73. The van der Waals surface area contributed by atoms with Crippen LogP contribution >= 0.6 is 11.6 Å². The SMILES string of the molecule is O[C@@H]1CCN(C[C@H]2CC[C@@H]3[C@H](O2)c2cc(Cl)cc(F)c2N[C@H]3C2C=CC=CC2)C1. The molecule has 4 aliphatic rings. The molecule has 3 heterocycles. The second-order valence-corrected chi connectivity index (χ2v) is 9.29. The zero-order valence-electron chi connectivity index (χ0n) is 16.4. The van der Waals surface area contributed by atoms with Gasteiger partial charge in [0.2, 0.25) is 0 Å². The van der Waals surface area contributed by atoms with E-state index in [-0.39, 0.29) is 36.1 Å². The third-order valence-corrected chi connectivity index (χ3v) is 7.12. The Morgan fingerprint density at radius 2 is 2.14 bits per heavy atom. The van der Waals surface area contributed by atoms with Crippen LogP contribution in [0.25, 0.3) is 0 Å². The Kier molecular flexibility index (Phi) is 5.41. The number of rotatable bonds is 3. The van der Waals surface area contributed by atoms with Crippen molar-refractivity contribution in [1.29, 1.82) is 0 Å². The fraction of sp³-hybridized carbons (Fsp3) is 0.565. The number of hydrogen-bond acceptors (Lipinski definition) is 4. The van der Waals surface area contributed by atoms with E-state index in [9.17, 15) is 9.50 Å². The van der Waals surface area contributed by atoms with E-state index in [1.54, 1.807) is 0 Å². The Hall–Kier alpha value is -1.40. The Labute approximate surface area is 176 Å². The Morgan fingerprint density at radius 1 is 1.24 bits per heavy atom. The van der Waals surface area contributed by atoms with Crippen LogP contribution in [0.3, 0.4) is 0 Å². The minimum absolute atomic E-state index is 0.0944. The number of hydrogen-bond donors (Lipinski definition) is 2. The number of nitrogens with zero attached hydrogens (tertiary/aromatic N) is 1. The quantitative estimate of drug-likeness (QED) is 0.767. The second-order valence-electron chi connectivity index (χ2n) is 8.86. The lowest BCUT2D eigenvalue weighted by molar-refractivity contribution is -0.104. The number of fused-ring (bicyclic) bond motifs is 3. The van der Waals surface area contributed by atoms with Gasteiger partial charge in [-0.15, -0.1) is 0 Å². The normalized spacial score (nSPS) is 36.5. The molecule has 3 aliphatic heterocycles. The van der Waals surface area contributed by atoms with Gasteiger partial charge in [-0.3, -0.25) is 4.90 Å². The highest BCUT2D eigenvalue weighted by Crippen LogP contribution is 2.49. The summed E-state index contributed by atoms with van der Waals surface area (Å²) in [5.74, 6) is 0.297. The second kappa shape index (κ2) is 8.03. The molecule has 2 N–H and O–H groups in total. The predicted molar refractivity (Wildman–Crippen MR) is 113 cm³/mol. The van der Waals surface area contributed by atoms with Crippen molar-refractivity contribution < 1.29 is 14.2 Å². The first-order valence-corrected chi connectivity index (χ1v) is 11.1. The number of ether oxygens (including phenoxy) is 1. The lowest BCUT2D eigenvalue weighted by Crippen LogP contribution is -2.48. The lowest BCUT2D eigenvalue weighted by atomic mass is 9.73. The van der Waals surface area contributed by atoms with Crippen LogP contribution < -0.4 is 5.32 Å². The van der Waals surface area contributed by atoms with Gasteiger partial charge in [-0.05, 0) is 37.8 Å². The van der Waals surface area contributed by atoms with Gasteiger partial charge in [-0.1, -0.05) is 35.9 Å². The molecule has 2 saturated heterocycles. The van der Waals surface area contributed by atoms with Crippen LogP contribution in [0.5, 0.6) is 0 Å². The van der Waals surface area contributed by atoms with E-state index in [1.165, 1.54) is 6.07 Å². The molecule has 29 heavy (non-hydrogen) atoms. The first-order chi connectivity index (χ1) is 14.1. The summed E-state index contributed by atoms with van der Waals surface area (Å²) in [6.45, 7) is 2.45. The number of anilines is 1. The molecule has 5 rings (SSSR count). The number of halogens is 2. The molecule has 1 aromatic rings. The summed E-state index contributed by atoms with van der Waals surface area (Å²) in [7, 11) is 0. The molecule has 1 aromatic carbocycles. The molecule has 0 spiro atoms. The largest absolute Gasteiger partial charge is 0.392 e. The molecule has 1 unspecified atom stereocenters. The van der Waals surface area contributed by atoms with Gasteiger partial charge in [0.25, 0.3) is 0 Å². The number of likely N-dealkylation sites (tertiary alicyclic amines) is 1. The van der Waals surface area contributed by atoms with Crippen molar-refractivity contribution in [2.24, 2.45) is 11.8 Å². The molecule has 0 amide bonds. The van der Waals surface area contributed by atoms with Crippen molar-refractivity contribution in [1.82, 2.24) is 4.90 Å². The minimum atomic E-state index is -0.306. The smallest absolute Gasteiger partial charge is 0.148 e. The Bertz CT molecular complexity index is 829. The first kappa shape index (κ1) is 19.6. The van der Waals surface area contributed by atoms with E-state index >= 15 is 0 Å². The first-order valence-electron chi connectivity index (χ1n) is 10.7. The predicted octanol–water partition coefficient (Wildman–Crippen LogP) is 4.31. The molecular weight excluding hydrogens is 391 g/mol. The average molecular weight is 419 g/mol. The molecule has 1 aliphatic carbocycles.